The molecule has 0 bridgehead atoms. The molecule has 17 heavy (non-hydrogen) atoms. The van der Waals surface area contributed by atoms with Gasteiger partial charge in [-0.25, -0.2) is 4.98 Å². The van der Waals surface area contributed by atoms with Crippen LogP contribution in [0, 0.1) is 5.92 Å². The molecule has 0 radical (unpaired) electrons. The van der Waals surface area contributed by atoms with Crippen LogP contribution in [0.15, 0.2) is 18.3 Å². The molecule has 0 aromatic carbocycles. The summed E-state index contributed by atoms with van der Waals surface area (Å²) in [6.45, 7) is 0.746. The van der Waals surface area contributed by atoms with Crippen LogP contribution in [0.3, 0.4) is 0 Å². The smallest absolute Gasteiger partial charge is 0.269 e. The fourth-order valence-electron chi connectivity index (χ4n) is 2.32. The molecule has 3 N–H and O–H groups in total. The van der Waals surface area contributed by atoms with Gasteiger partial charge in [0.1, 0.15) is 5.69 Å². The van der Waals surface area contributed by atoms with Crippen molar-refractivity contribution in [3.8, 4) is 0 Å². The third-order valence-corrected chi connectivity index (χ3v) is 3.33. The first-order chi connectivity index (χ1) is 8.25. The Morgan fingerprint density at radius 2 is 2.18 bits per heavy atom. The second-order valence-electron chi connectivity index (χ2n) is 4.67. The molecule has 0 saturated heterocycles. The molecule has 1 amide bonds. The molecule has 0 unspecified atom stereocenters. The first-order valence-electron chi connectivity index (χ1n) is 6.25. The number of amides is 1. The molecule has 0 atom stereocenters. The minimum absolute atomic E-state index is 0.108. The van der Waals surface area contributed by atoms with Crippen LogP contribution < -0.4 is 11.1 Å². The Morgan fingerprint density at radius 3 is 2.82 bits per heavy atom. The molecule has 1 aliphatic rings. The molecule has 0 spiro atoms. The van der Waals surface area contributed by atoms with E-state index < -0.39 is 0 Å². The highest BCUT2D eigenvalue weighted by atomic mass is 16.1. The lowest BCUT2D eigenvalue weighted by atomic mass is 10.0. The molecule has 1 aliphatic carbocycles. The average Bonchev–Trinajstić information content (AvgIpc) is 2.83. The second-order valence-corrected chi connectivity index (χ2v) is 4.67. The number of pyridine rings is 1. The summed E-state index contributed by atoms with van der Waals surface area (Å²) in [5, 5.41) is 2.90. The molecule has 1 heterocycles. The molecule has 92 valence electrons. The van der Waals surface area contributed by atoms with Crippen molar-refractivity contribution in [1.82, 2.24) is 10.3 Å². The van der Waals surface area contributed by atoms with Crippen molar-refractivity contribution >= 4 is 11.6 Å². The number of anilines is 1. The van der Waals surface area contributed by atoms with E-state index in [-0.39, 0.29) is 5.91 Å². The monoisotopic (exact) mass is 233 g/mol. The van der Waals surface area contributed by atoms with E-state index in [9.17, 15) is 4.79 Å². The maximum atomic E-state index is 11.7. The van der Waals surface area contributed by atoms with Crippen LogP contribution in [0.4, 0.5) is 5.69 Å². The molecule has 2 rings (SSSR count). The summed E-state index contributed by atoms with van der Waals surface area (Å²) < 4.78 is 0. The van der Waals surface area contributed by atoms with E-state index >= 15 is 0 Å². The van der Waals surface area contributed by atoms with Gasteiger partial charge >= 0.3 is 0 Å². The Bertz CT molecular complexity index is 369. The van der Waals surface area contributed by atoms with Gasteiger partial charge in [0.15, 0.2) is 0 Å². The van der Waals surface area contributed by atoms with Gasteiger partial charge in [0, 0.05) is 6.54 Å². The maximum Gasteiger partial charge on any atom is 0.269 e. The largest absolute Gasteiger partial charge is 0.397 e. The quantitative estimate of drug-likeness (QED) is 0.835. The summed E-state index contributed by atoms with van der Waals surface area (Å²) >= 11 is 0. The normalized spacial score (nSPS) is 16.0. The predicted molar refractivity (Wildman–Crippen MR) is 67.6 cm³/mol. The highest BCUT2D eigenvalue weighted by molar-refractivity contribution is 5.92. The zero-order chi connectivity index (χ0) is 12.1. The predicted octanol–water partition coefficient (Wildman–Crippen LogP) is 1.97. The van der Waals surface area contributed by atoms with Gasteiger partial charge in [-0.05, 0) is 24.5 Å². The van der Waals surface area contributed by atoms with Crippen molar-refractivity contribution in [2.45, 2.75) is 32.1 Å². The number of carbonyl (C=O) groups excluding carboxylic acids is 1. The van der Waals surface area contributed by atoms with Crippen LogP contribution in [0.5, 0.6) is 0 Å². The second kappa shape index (κ2) is 5.66. The number of nitrogens with one attached hydrogen (secondary N) is 1. The van der Waals surface area contributed by atoms with Crippen molar-refractivity contribution in [2.24, 2.45) is 5.92 Å². The Hall–Kier alpha value is -1.58. The van der Waals surface area contributed by atoms with Crippen molar-refractivity contribution < 1.29 is 4.79 Å². The molecule has 0 aliphatic heterocycles. The lowest BCUT2D eigenvalue weighted by Gasteiger charge is -2.09. The third-order valence-electron chi connectivity index (χ3n) is 3.33. The number of aromatic nitrogens is 1. The molecule has 1 saturated carbocycles. The van der Waals surface area contributed by atoms with E-state index in [1.54, 1.807) is 12.1 Å². The van der Waals surface area contributed by atoms with Crippen LogP contribution >= 0.6 is 0 Å². The first-order valence-corrected chi connectivity index (χ1v) is 6.25. The zero-order valence-corrected chi connectivity index (χ0v) is 9.98. The number of hydrogen-bond acceptors (Lipinski definition) is 3. The van der Waals surface area contributed by atoms with Crippen molar-refractivity contribution in [1.29, 1.82) is 0 Å². The molecule has 1 aromatic heterocycles. The summed E-state index contributed by atoms with van der Waals surface area (Å²) in [5.41, 5.74) is 6.53. The molecule has 1 fully saturated rings. The molecule has 4 heteroatoms. The lowest BCUT2D eigenvalue weighted by molar-refractivity contribution is 0.0946. The zero-order valence-electron chi connectivity index (χ0n) is 9.98. The van der Waals surface area contributed by atoms with Crippen LogP contribution in [0.1, 0.15) is 42.6 Å². The minimum atomic E-state index is -0.108. The fourth-order valence-corrected chi connectivity index (χ4v) is 2.32. The van der Waals surface area contributed by atoms with E-state index in [2.05, 4.69) is 10.3 Å². The lowest BCUT2D eigenvalue weighted by Crippen LogP contribution is -2.26. The maximum absolute atomic E-state index is 11.7. The van der Waals surface area contributed by atoms with Gasteiger partial charge in [0.2, 0.25) is 0 Å². The van der Waals surface area contributed by atoms with Crippen molar-refractivity contribution in [2.75, 3.05) is 12.3 Å². The fraction of sp³-hybridized carbons (Fsp3) is 0.538. The highest BCUT2D eigenvalue weighted by Gasteiger charge is 2.15. The van der Waals surface area contributed by atoms with Gasteiger partial charge in [-0.1, -0.05) is 25.7 Å². The van der Waals surface area contributed by atoms with E-state index in [0.29, 0.717) is 11.4 Å². The Balaban J connectivity index is 1.75. The standard InChI is InChI=1S/C13H19N3O/c14-11-5-6-12(16-9-11)13(17)15-8-7-10-3-1-2-4-10/h5-6,9-10H,1-4,7-8,14H2,(H,15,17). The third kappa shape index (κ3) is 3.44. The van der Waals surface area contributed by atoms with Crippen LogP contribution in [-0.4, -0.2) is 17.4 Å². The number of rotatable bonds is 4. The van der Waals surface area contributed by atoms with Crippen LogP contribution in [-0.2, 0) is 0 Å². The van der Waals surface area contributed by atoms with E-state index in [4.69, 9.17) is 5.73 Å². The summed E-state index contributed by atoms with van der Waals surface area (Å²) in [5.74, 6) is 0.692. The number of nitrogen functional groups attached to an aromatic ring is 1. The highest BCUT2D eigenvalue weighted by Crippen LogP contribution is 2.26. The SMILES string of the molecule is Nc1ccc(C(=O)NCCC2CCCC2)nc1. The molecular formula is C13H19N3O. The van der Waals surface area contributed by atoms with E-state index in [1.807, 2.05) is 0 Å². The van der Waals surface area contributed by atoms with Crippen LogP contribution in [0.2, 0.25) is 0 Å². The van der Waals surface area contributed by atoms with Gasteiger partial charge in [-0.3, -0.25) is 4.79 Å². The van der Waals surface area contributed by atoms with Crippen molar-refractivity contribution in [3.05, 3.63) is 24.0 Å². The Morgan fingerprint density at radius 1 is 1.41 bits per heavy atom. The van der Waals surface area contributed by atoms with Gasteiger partial charge in [0.25, 0.3) is 5.91 Å². The number of nitrogens with zero attached hydrogens (tertiary/aromatic N) is 1. The summed E-state index contributed by atoms with van der Waals surface area (Å²) in [6.07, 6.45) is 7.91. The van der Waals surface area contributed by atoms with Gasteiger partial charge in [-0.15, -0.1) is 0 Å². The first kappa shape index (κ1) is 11.9. The topological polar surface area (TPSA) is 68.0 Å². The van der Waals surface area contributed by atoms with Gasteiger partial charge in [0.05, 0.1) is 11.9 Å². The van der Waals surface area contributed by atoms with E-state index in [0.717, 1.165) is 18.9 Å². The summed E-state index contributed by atoms with van der Waals surface area (Å²) in [4.78, 5) is 15.7. The number of carbonyl (C=O) groups is 1. The molecule has 1 aromatic rings. The number of hydrogen-bond donors (Lipinski definition) is 2. The van der Waals surface area contributed by atoms with Crippen LogP contribution in [0.25, 0.3) is 0 Å². The minimum Gasteiger partial charge on any atom is -0.397 e. The Kier molecular flexibility index (Phi) is 3.96. The molecular weight excluding hydrogens is 214 g/mol. The molecule has 4 nitrogen and oxygen atoms in total. The number of nitrogens with two attached hydrogens (primary N) is 1. The summed E-state index contributed by atoms with van der Waals surface area (Å²) in [6, 6.07) is 3.35. The summed E-state index contributed by atoms with van der Waals surface area (Å²) in [7, 11) is 0. The van der Waals surface area contributed by atoms with Gasteiger partial charge < -0.3 is 11.1 Å². The Labute approximate surface area is 102 Å². The van der Waals surface area contributed by atoms with Gasteiger partial charge in [-0.2, -0.15) is 0 Å². The van der Waals surface area contributed by atoms with E-state index in [1.165, 1.54) is 31.9 Å². The average molecular weight is 233 g/mol. The van der Waals surface area contributed by atoms with Crippen molar-refractivity contribution in [3.63, 3.8) is 0 Å².